The van der Waals surface area contributed by atoms with Gasteiger partial charge >= 0.3 is 12.2 Å². The Morgan fingerprint density at radius 2 is 1.65 bits per heavy atom. The highest BCUT2D eigenvalue weighted by Gasteiger charge is 2.65. The predicted molar refractivity (Wildman–Crippen MR) is 135 cm³/mol. The van der Waals surface area contributed by atoms with Crippen molar-refractivity contribution in [3.05, 3.63) is 65.7 Å². The maximum Gasteiger partial charge on any atom is 0.405 e. The van der Waals surface area contributed by atoms with Crippen LogP contribution in [0.15, 0.2) is 54.6 Å². The number of unbranched alkanes of at least 4 members (excludes halogenated alkanes) is 2. The van der Waals surface area contributed by atoms with Crippen LogP contribution in [-0.2, 0) is 16.1 Å². The van der Waals surface area contributed by atoms with E-state index in [1.54, 1.807) is 0 Å². The largest absolute Gasteiger partial charge is 0.445 e. The van der Waals surface area contributed by atoms with Gasteiger partial charge in [-0.05, 0) is 36.1 Å². The van der Waals surface area contributed by atoms with Gasteiger partial charge in [0.2, 0.25) is 0 Å². The molecule has 7 heteroatoms. The summed E-state index contributed by atoms with van der Waals surface area (Å²) in [5, 5.41) is 3.44. The van der Waals surface area contributed by atoms with Gasteiger partial charge in [-0.15, -0.1) is 0 Å². The first kappa shape index (κ1) is 27.0. The Balaban J connectivity index is 0.000000310. The van der Waals surface area contributed by atoms with Crippen LogP contribution < -0.4 is 16.8 Å². The fraction of sp³-hybridized carbons (Fsp3) is 0.481. The van der Waals surface area contributed by atoms with Gasteiger partial charge < -0.3 is 26.3 Å². The van der Waals surface area contributed by atoms with Crippen molar-refractivity contribution in [2.45, 2.75) is 71.5 Å². The highest BCUT2D eigenvalue weighted by atomic mass is 16.6. The van der Waals surface area contributed by atoms with E-state index in [0.717, 1.165) is 24.2 Å². The molecule has 2 unspecified atom stereocenters. The summed E-state index contributed by atoms with van der Waals surface area (Å²) in [7, 11) is 0. The average molecular weight is 470 g/mol. The van der Waals surface area contributed by atoms with Crippen molar-refractivity contribution in [3.8, 4) is 0 Å². The number of carbonyl (C=O) groups excluding carboxylic acids is 2. The minimum atomic E-state index is -0.742. The van der Waals surface area contributed by atoms with Crippen LogP contribution in [0.4, 0.5) is 15.3 Å². The van der Waals surface area contributed by atoms with E-state index in [2.05, 4.69) is 62.0 Å². The van der Waals surface area contributed by atoms with Crippen LogP contribution >= 0.6 is 0 Å². The SMILES string of the molecule is CCCCCNc1ccc(C2CC2(OC(N)=O)C(C)(C)C)cc1.NC(=O)OCc1ccccc1. The molecular weight excluding hydrogens is 430 g/mol. The molecule has 3 rings (SSSR count). The fourth-order valence-electron chi connectivity index (χ4n) is 4.08. The molecule has 1 aliphatic rings. The number of nitrogens with two attached hydrogens (primary N) is 2. The summed E-state index contributed by atoms with van der Waals surface area (Å²) in [6.07, 6.45) is 3.09. The smallest absolute Gasteiger partial charge is 0.405 e. The van der Waals surface area contributed by atoms with E-state index in [1.165, 1.54) is 24.8 Å². The Labute approximate surface area is 203 Å². The lowest BCUT2D eigenvalue weighted by Crippen LogP contribution is -2.37. The second-order valence-corrected chi connectivity index (χ2v) is 9.67. The van der Waals surface area contributed by atoms with Crippen LogP contribution in [0.25, 0.3) is 0 Å². The Bertz CT molecular complexity index is 910. The van der Waals surface area contributed by atoms with Gasteiger partial charge in [0.05, 0.1) is 0 Å². The number of ether oxygens (including phenoxy) is 2. The molecule has 1 fully saturated rings. The number of anilines is 1. The van der Waals surface area contributed by atoms with E-state index >= 15 is 0 Å². The zero-order chi connectivity index (χ0) is 25.2. The standard InChI is InChI=1S/C19H30N2O2.C8H9NO2/c1-5-6-7-12-21-15-10-8-14(9-11-15)16-13-19(16,18(2,3)4)23-17(20)22;9-8(10)11-6-7-4-2-1-3-5-7/h8-11,16,21H,5-7,12-13H2,1-4H3,(H2,20,22);1-5H,6H2,(H2,9,10). The number of hydrogen-bond acceptors (Lipinski definition) is 5. The third kappa shape index (κ3) is 7.97. The molecule has 5 N–H and O–H groups in total. The Morgan fingerprint density at radius 3 is 2.18 bits per heavy atom. The molecule has 2 atom stereocenters. The molecular formula is C27H39N3O4. The van der Waals surface area contributed by atoms with Gasteiger partial charge in [0.1, 0.15) is 12.2 Å². The summed E-state index contributed by atoms with van der Waals surface area (Å²) in [5.74, 6) is 0.226. The van der Waals surface area contributed by atoms with Crippen LogP contribution in [0.5, 0.6) is 0 Å². The molecule has 1 aliphatic carbocycles. The molecule has 0 bridgehead atoms. The zero-order valence-electron chi connectivity index (χ0n) is 20.8. The fourth-order valence-corrected chi connectivity index (χ4v) is 4.08. The van der Waals surface area contributed by atoms with Crippen LogP contribution in [0, 0.1) is 5.41 Å². The molecule has 7 nitrogen and oxygen atoms in total. The summed E-state index contributed by atoms with van der Waals surface area (Å²) in [4.78, 5) is 21.5. The van der Waals surface area contributed by atoms with Crippen molar-refractivity contribution in [2.24, 2.45) is 16.9 Å². The molecule has 0 aliphatic heterocycles. The lowest BCUT2D eigenvalue weighted by Gasteiger charge is -2.31. The molecule has 0 spiro atoms. The first-order chi connectivity index (χ1) is 16.1. The number of carbonyl (C=O) groups is 2. The molecule has 2 amide bonds. The van der Waals surface area contributed by atoms with Crippen molar-refractivity contribution < 1.29 is 19.1 Å². The number of rotatable bonds is 9. The molecule has 0 aromatic heterocycles. The quantitative estimate of drug-likeness (QED) is 0.393. The van der Waals surface area contributed by atoms with E-state index < -0.39 is 17.8 Å². The normalized spacial score (nSPS) is 18.8. The number of primary amides is 2. The van der Waals surface area contributed by atoms with Crippen LogP contribution in [-0.4, -0.2) is 24.3 Å². The molecule has 2 aromatic rings. The minimum absolute atomic E-state index is 0.135. The van der Waals surface area contributed by atoms with Crippen molar-refractivity contribution in [1.29, 1.82) is 0 Å². The molecule has 1 saturated carbocycles. The maximum atomic E-state index is 11.3. The van der Waals surface area contributed by atoms with Crippen LogP contribution in [0.1, 0.15) is 70.4 Å². The van der Waals surface area contributed by atoms with Crippen molar-refractivity contribution >= 4 is 17.9 Å². The topological polar surface area (TPSA) is 117 Å². The Morgan fingerprint density at radius 1 is 1.00 bits per heavy atom. The highest BCUT2D eigenvalue weighted by molar-refractivity contribution is 5.66. The molecule has 0 radical (unpaired) electrons. The second kappa shape index (κ2) is 12.3. The van der Waals surface area contributed by atoms with Crippen LogP contribution in [0.3, 0.4) is 0 Å². The number of hydrogen-bond donors (Lipinski definition) is 3. The van der Waals surface area contributed by atoms with Gasteiger partial charge in [-0.25, -0.2) is 9.59 Å². The lowest BCUT2D eigenvalue weighted by molar-refractivity contribution is 0.0111. The molecule has 0 saturated heterocycles. The lowest BCUT2D eigenvalue weighted by atomic mass is 9.83. The average Bonchev–Trinajstić information content (AvgIpc) is 3.52. The Kier molecular flexibility index (Phi) is 9.78. The van der Waals surface area contributed by atoms with Crippen LogP contribution in [0.2, 0.25) is 0 Å². The van der Waals surface area contributed by atoms with Gasteiger partial charge in [-0.3, -0.25) is 0 Å². The van der Waals surface area contributed by atoms with E-state index in [1.807, 2.05) is 30.3 Å². The summed E-state index contributed by atoms with van der Waals surface area (Å²) in [5.41, 5.74) is 12.7. The number of nitrogens with one attached hydrogen (secondary N) is 1. The van der Waals surface area contributed by atoms with Crippen molar-refractivity contribution in [1.82, 2.24) is 0 Å². The number of amides is 2. The second-order valence-electron chi connectivity index (χ2n) is 9.67. The summed E-state index contributed by atoms with van der Waals surface area (Å²) < 4.78 is 10.1. The predicted octanol–water partition coefficient (Wildman–Crippen LogP) is 5.94. The Hall–Kier alpha value is -3.22. The third-order valence-corrected chi connectivity index (χ3v) is 6.11. The zero-order valence-corrected chi connectivity index (χ0v) is 20.8. The minimum Gasteiger partial charge on any atom is -0.445 e. The molecule has 34 heavy (non-hydrogen) atoms. The van der Waals surface area contributed by atoms with Crippen molar-refractivity contribution in [2.75, 3.05) is 11.9 Å². The van der Waals surface area contributed by atoms with Gasteiger partial charge in [0.15, 0.2) is 0 Å². The summed E-state index contributed by atoms with van der Waals surface area (Å²) >= 11 is 0. The summed E-state index contributed by atoms with van der Waals surface area (Å²) in [6, 6.07) is 17.9. The van der Waals surface area contributed by atoms with E-state index in [-0.39, 0.29) is 17.9 Å². The summed E-state index contributed by atoms with van der Waals surface area (Å²) in [6.45, 7) is 9.75. The van der Waals surface area contributed by atoms with Gasteiger partial charge in [-0.2, -0.15) is 0 Å². The third-order valence-electron chi connectivity index (χ3n) is 6.11. The monoisotopic (exact) mass is 469 g/mol. The molecule has 0 heterocycles. The molecule has 2 aromatic carbocycles. The highest BCUT2D eigenvalue weighted by Crippen LogP contribution is 2.63. The van der Waals surface area contributed by atoms with Crippen molar-refractivity contribution in [3.63, 3.8) is 0 Å². The van der Waals surface area contributed by atoms with E-state index in [4.69, 9.17) is 16.2 Å². The first-order valence-electron chi connectivity index (χ1n) is 11.9. The first-order valence-corrected chi connectivity index (χ1v) is 11.9. The maximum absolute atomic E-state index is 11.3. The van der Waals surface area contributed by atoms with Gasteiger partial charge in [-0.1, -0.05) is 83.0 Å². The van der Waals surface area contributed by atoms with Gasteiger partial charge in [0.25, 0.3) is 0 Å². The molecule has 186 valence electrons. The van der Waals surface area contributed by atoms with E-state index in [9.17, 15) is 9.59 Å². The van der Waals surface area contributed by atoms with E-state index in [0.29, 0.717) is 0 Å². The number of benzene rings is 2. The van der Waals surface area contributed by atoms with Gasteiger partial charge in [0, 0.05) is 23.6 Å².